The number of nitrogens with zero attached hydrogens (tertiary/aromatic N) is 1. The predicted octanol–water partition coefficient (Wildman–Crippen LogP) is 1.65. The summed E-state index contributed by atoms with van der Waals surface area (Å²) in [6, 6.07) is 6.87. The lowest BCUT2D eigenvalue weighted by molar-refractivity contribution is -0.0509. The Labute approximate surface area is 132 Å². The summed E-state index contributed by atoms with van der Waals surface area (Å²) in [5.74, 6) is 0.616. The highest BCUT2D eigenvalue weighted by atomic mass is 16.5. The van der Waals surface area contributed by atoms with E-state index < -0.39 is 11.5 Å². The SMILES string of the molecule is C[C@@H]1CN(CCCOc2ccc(C(N)=O)cc2)CC[C@]1(C)O. The van der Waals surface area contributed by atoms with Crippen LogP contribution in [0.2, 0.25) is 0 Å². The van der Waals surface area contributed by atoms with Crippen LogP contribution in [0.15, 0.2) is 24.3 Å². The highest BCUT2D eigenvalue weighted by molar-refractivity contribution is 5.92. The number of benzene rings is 1. The average Bonchev–Trinajstić information content (AvgIpc) is 2.48. The zero-order chi connectivity index (χ0) is 16.2. The summed E-state index contributed by atoms with van der Waals surface area (Å²) in [6.45, 7) is 7.50. The molecule has 22 heavy (non-hydrogen) atoms. The quantitative estimate of drug-likeness (QED) is 0.784. The van der Waals surface area contributed by atoms with E-state index in [0.717, 1.165) is 38.2 Å². The molecule has 2 rings (SSSR count). The normalized spacial score (nSPS) is 25.9. The molecule has 0 aromatic heterocycles. The summed E-state index contributed by atoms with van der Waals surface area (Å²) in [4.78, 5) is 13.4. The van der Waals surface area contributed by atoms with E-state index in [1.807, 2.05) is 6.92 Å². The predicted molar refractivity (Wildman–Crippen MR) is 85.9 cm³/mol. The number of likely N-dealkylation sites (tertiary alicyclic amines) is 1. The first-order chi connectivity index (χ1) is 10.4. The number of rotatable bonds is 6. The number of carbonyl (C=O) groups excluding carboxylic acids is 1. The van der Waals surface area contributed by atoms with Crippen LogP contribution in [-0.2, 0) is 0 Å². The minimum absolute atomic E-state index is 0.295. The molecule has 5 nitrogen and oxygen atoms in total. The lowest BCUT2D eigenvalue weighted by Crippen LogP contribution is -2.49. The summed E-state index contributed by atoms with van der Waals surface area (Å²) in [5.41, 5.74) is 5.15. The van der Waals surface area contributed by atoms with Crippen molar-refractivity contribution in [3.05, 3.63) is 29.8 Å². The Balaban J connectivity index is 1.68. The fraction of sp³-hybridized carbons (Fsp3) is 0.588. The minimum Gasteiger partial charge on any atom is -0.494 e. The van der Waals surface area contributed by atoms with Crippen LogP contribution in [0.25, 0.3) is 0 Å². The molecule has 1 amide bonds. The maximum absolute atomic E-state index is 11.0. The van der Waals surface area contributed by atoms with E-state index in [0.29, 0.717) is 18.1 Å². The molecule has 3 N–H and O–H groups in total. The van der Waals surface area contributed by atoms with E-state index >= 15 is 0 Å². The molecule has 0 unspecified atom stereocenters. The number of hydrogen-bond acceptors (Lipinski definition) is 4. The van der Waals surface area contributed by atoms with Crippen LogP contribution in [0.3, 0.4) is 0 Å². The smallest absolute Gasteiger partial charge is 0.248 e. The van der Waals surface area contributed by atoms with Gasteiger partial charge in [-0.25, -0.2) is 0 Å². The summed E-state index contributed by atoms with van der Waals surface area (Å²) in [7, 11) is 0. The van der Waals surface area contributed by atoms with E-state index in [1.54, 1.807) is 24.3 Å². The van der Waals surface area contributed by atoms with Crippen LogP contribution < -0.4 is 10.5 Å². The van der Waals surface area contributed by atoms with E-state index in [2.05, 4.69) is 11.8 Å². The average molecular weight is 306 g/mol. The second-order valence-electron chi connectivity index (χ2n) is 6.40. The molecular weight excluding hydrogens is 280 g/mol. The molecular formula is C17H26N2O3. The Hall–Kier alpha value is -1.59. The molecule has 0 spiro atoms. The van der Waals surface area contributed by atoms with Gasteiger partial charge in [0.15, 0.2) is 0 Å². The molecule has 1 aliphatic rings. The topological polar surface area (TPSA) is 75.8 Å². The van der Waals surface area contributed by atoms with Crippen LogP contribution in [0.4, 0.5) is 0 Å². The minimum atomic E-state index is -0.533. The largest absolute Gasteiger partial charge is 0.494 e. The molecule has 0 aliphatic carbocycles. The lowest BCUT2D eigenvalue weighted by atomic mass is 9.84. The van der Waals surface area contributed by atoms with Gasteiger partial charge in [0.05, 0.1) is 12.2 Å². The number of primary amides is 1. The first-order valence-electron chi connectivity index (χ1n) is 7.86. The van der Waals surface area contributed by atoms with Crippen molar-refractivity contribution in [2.24, 2.45) is 11.7 Å². The lowest BCUT2D eigenvalue weighted by Gasteiger charge is -2.41. The van der Waals surface area contributed by atoms with Gasteiger partial charge in [0.1, 0.15) is 5.75 Å². The van der Waals surface area contributed by atoms with Gasteiger partial charge in [-0.3, -0.25) is 4.79 Å². The number of hydrogen-bond donors (Lipinski definition) is 2. The third-order valence-corrected chi connectivity index (χ3v) is 4.55. The van der Waals surface area contributed by atoms with Crippen molar-refractivity contribution in [2.75, 3.05) is 26.2 Å². The molecule has 2 atom stereocenters. The second kappa shape index (κ2) is 7.11. The summed E-state index contributed by atoms with van der Waals surface area (Å²) in [5, 5.41) is 10.2. The second-order valence-corrected chi connectivity index (χ2v) is 6.40. The van der Waals surface area contributed by atoms with Crippen molar-refractivity contribution < 1.29 is 14.6 Å². The molecule has 0 saturated carbocycles. The summed E-state index contributed by atoms with van der Waals surface area (Å²) < 4.78 is 5.67. The monoisotopic (exact) mass is 306 g/mol. The standard InChI is InChI=1S/C17H26N2O3/c1-13-12-19(10-8-17(13,2)21)9-3-11-22-15-6-4-14(5-7-15)16(18)20/h4-7,13,21H,3,8-12H2,1-2H3,(H2,18,20)/t13-,17+/m1/s1. The van der Waals surface area contributed by atoms with Gasteiger partial charge in [0.2, 0.25) is 5.91 Å². The maximum Gasteiger partial charge on any atom is 0.248 e. The first-order valence-corrected chi connectivity index (χ1v) is 7.86. The number of amides is 1. The van der Waals surface area contributed by atoms with E-state index in [-0.39, 0.29) is 0 Å². The Morgan fingerprint density at radius 3 is 2.73 bits per heavy atom. The number of carbonyl (C=O) groups is 1. The fourth-order valence-electron chi connectivity index (χ4n) is 2.70. The van der Waals surface area contributed by atoms with Gasteiger partial charge in [-0.05, 0) is 49.9 Å². The van der Waals surface area contributed by atoms with Crippen LogP contribution in [0.1, 0.15) is 37.0 Å². The van der Waals surface area contributed by atoms with Gasteiger partial charge < -0.3 is 20.5 Å². The van der Waals surface area contributed by atoms with E-state index in [4.69, 9.17) is 10.5 Å². The Morgan fingerprint density at radius 1 is 1.45 bits per heavy atom. The molecule has 0 bridgehead atoms. The van der Waals surface area contributed by atoms with Crippen molar-refractivity contribution in [1.29, 1.82) is 0 Å². The Morgan fingerprint density at radius 2 is 2.14 bits per heavy atom. The van der Waals surface area contributed by atoms with Crippen LogP contribution in [-0.4, -0.2) is 47.8 Å². The van der Waals surface area contributed by atoms with Crippen LogP contribution >= 0.6 is 0 Å². The molecule has 1 saturated heterocycles. The van der Waals surface area contributed by atoms with Crippen molar-refractivity contribution in [3.63, 3.8) is 0 Å². The van der Waals surface area contributed by atoms with Gasteiger partial charge in [-0.15, -0.1) is 0 Å². The zero-order valence-corrected chi connectivity index (χ0v) is 13.4. The maximum atomic E-state index is 11.0. The Bertz CT molecular complexity index is 499. The fourth-order valence-corrected chi connectivity index (χ4v) is 2.70. The van der Waals surface area contributed by atoms with Crippen LogP contribution in [0.5, 0.6) is 5.75 Å². The molecule has 1 aliphatic heterocycles. The number of nitrogens with two attached hydrogens (primary N) is 1. The van der Waals surface area contributed by atoms with E-state index in [9.17, 15) is 9.90 Å². The van der Waals surface area contributed by atoms with Crippen LogP contribution in [0, 0.1) is 5.92 Å². The Kier molecular flexibility index (Phi) is 5.42. The molecule has 122 valence electrons. The van der Waals surface area contributed by atoms with Gasteiger partial charge in [0.25, 0.3) is 0 Å². The molecule has 1 aromatic rings. The zero-order valence-electron chi connectivity index (χ0n) is 13.4. The number of piperidine rings is 1. The van der Waals surface area contributed by atoms with E-state index in [1.165, 1.54) is 0 Å². The van der Waals surface area contributed by atoms with Gasteiger partial charge in [0, 0.05) is 25.2 Å². The van der Waals surface area contributed by atoms with Crippen molar-refractivity contribution in [1.82, 2.24) is 4.90 Å². The molecule has 0 radical (unpaired) electrons. The number of ether oxygens (including phenoxy) is 1. The van der Waals surface area contributed by atoms with Crippen molar-refractivity contribution in [2.45, 2.75) is 32.3 Å². The summed E-state index contributed by atoms with van der Waals surface area (Å²) in [6.07, 6.45) is 1.76. The van der Waals surface area contributed by atoms with Crippen molar-refractivity contribution >= 4 is 5.91 Å². The summed E-state index contributed by atoms with van der Waals surface area (Å²) >= 11 is 0. The molecule has 1 aromatic carbocycles. The molecule has 1 heterocycles. The highest BCUT2D eigenvalue weighted by Gasteiger charge is 2.33. The molecule has 1 fully saturated rings. The van der Waals surface area contributed by atoms with Gasteiger partial charge >= 0.3 is 0 Å². The van der Waals surface area contributed by atoms with Gasteiger partial charge in [-0.2, -0.15) is 0 Å². The van der Waals surface area contributed by atoms with Gasteiger partial charge in [-0.1, -0.05) is 6.92 Å². The highest BCUT2D eigenvalue weighted by Crippen LogP contribution is 2.27. The first kappa shape index (κ1) is 16.8. The third-order valence-electron chi connectivity index (χ3n) is 4.55. The molecule has 5 heteroatoms. The number of aliphatic hydroxyl groups is 1. The third kappa shape index (κ3) is 4.45. The van der Waals surface area contributed by atoms with Crippen molar-refractivity contribution in [3.8, 4) is 5.75 Å².